The van der Waals surface area contributed by atoms with Gasteiger partial charge in [0.1, 0.15) is 5.82 Å². The van der Waals surface area contributed by atoms with Crippen molar-refractivity contribution in [2.45, 2.75) is 25.8 Å². The molecule has 18 heavy (non-hydrogen) atoms. The van der Waals surface area contributed by atoms with Crippen LogP contribution in [-0.4, -0.2) is 22.5 Å². The van der Waals surface area contributed by atoms with Crippen LogP contribution in [0.1, 0.15) is 24.2 Å². The predicted octanol–water partition coefficient (Wildman–Crippen LogP) is 1.34. The molecule has 4 heteroatoms. The normalized spacial score (nSPS) is 20.4. The molecule has 1 aliphatic rings. The first-order chi connectivity index (χ1) is 8.86. The van der Waals surface area contributed by atoms with Crippen molar-refractivity contribution in [1.29, 1.82) is 0 Å². The molecule has 1 unspecified atom stereocenters. The number of rotatable bonds is 3. The molecule has 0 bridgehead atoms. The molecule has 2 aromatic heterocycles. The highest BCUT2D eigenvalue weighted by Crippen LogP contribution is 2.17. The molecular weight excluding hydrogens is 224 g/mol. The molecule has 0 radical (unpaired) electrons. The minimum Gasteiger partial charge on any atom is -0.326 e. The van der Waals surface area contributed by atoms with Crippen LogP contribution in [-0.2, 0) is 13.0 Å². The number of aromatic nitrogens is 2. The van der Waals surface area contributed by atoms with Gasteiger partial charge >= 0.3 is 0 Å². The van der Waals surface area contributed by atoms with Gasteiger partial charge in [0.2, 0.25) is 0 Å². The van der Waals surface area contributed by atoms with Crippen molar-refractivity contribution in [2.75, 3.05) is 13.1 Å². The van der Waals surface area contributed by atoms with E-state index in [1.54, 1.807) is 0 Å². The van der Waals surface area contributed by atoms with Crippen molar-refractivity contribution in [3.05, 3.63) is 35.9 Å². The maximum Gasteiger partial charge on any atom is 0.113 e. The van der Waals surface area contributed by atoms with Crippen LogP contribution in [0.2, 0.25) is 0 Å². The van der Waals surface area contributed by atoms with Crippen LogP contribution < -0.4 is 11.1 Å². The van der Waals surface area contributed by atoms with Gasteiger partial charge in [0, 0.05) is 19.2 Å². The van der Waals surface area contributed by atoms with E-state index >= 15 is 0 Å². The van der Waals surface area contributed by atoms with Gasteiger partial charge < -0.3 is 15.5 Å². The smallest absolute Gasteiger partial charge is 0.113 e. The lowest BCUT2D eigenvalue weighted by Gasteiger charge is -2.22. The van der Waals surface area contributed by atoms with Gasteiger partial charge in [-0.25, -0.2) is 4.98 Å². The van der Waals surface area contributed by atoms with Crippen molar-refractivity contribution in [1.82, 2.24) is 14.7 Å². The fraction of sp³-hybridized carbons (Fsp3) is 0.500. The number of nitrogens with zero attached hydrogens (tertiary/aromatic N) is 2. The highest BCUT2D eigenvalue weighted by molar-refractivity contribution is 5.48. The first kappa shape index (κ1) is 11.7. The van der Waals surface area contributed by atoms with E-state index in [0.29, 0.717) is 6.54 Å². The van der Waals surface area contributed by atoms with E-state index in [9.17, 15) is 0 Å². The zero-order chi connectivity index (χ0) is 12.4. The molecule has 0 aromatic carbocycles. The summed E-state index contributed by atoms with van der Waals surface area (Å²) in [5, 5.41) is 3.46. The molecule has 0 amide bonds. The summed E-state index contributed by atoms with van der Waals surface area (Å²) in [5.41, 5.74) is 7.97. The van der Waals surface area contributed by atoms with E-state index in [-0.39, 0.29) is 0 Å². The number of nitrogens with one attached hydrogen (secondary N) is 1. The lowest BCUT2D eigenvalue weighted by molar-refractivity contribution is 0.370. The average molecular weight is 244 g/mol. The van der Waals surface area contributed by atoms with Crippen LogP contribution >= 0.6 is 0 Å². The third kappa shape index (κ3) is 2.26. The SMILES string of the molecule is NCc1ccn2c(CC3CCCNC3)ncc2c1. The Morgan fingerprint density at radius 3 is 3.22 bits per heavy atom. The molecule has 1 saturated heterocycles. The summed E-state index contributed by atoms with van der Waals surface area (Å²) < 4.78 is 2.19. The maximum absolute atomic E-state index is 5.66. The molecule has 3 heterocycles. The summed E-state index contributed by atoms with van der Waals surface area (Å²) in [6.45, 7) is 2.87. The van der Waals surface area contributed by atoms with E-state index < -0.39 is 0 Å². The van der Waals surface area contributed by atoms with Crippen LogP contribution in [0.5, 0.6) is 0 Å². The van der Waals surface area contributed by atoms with E-state index in [1.165, 1.54) is 25.2 Å². The standard InChI is InChI=1S/C14H20N4/c15-8-11-3-5-18-13(6-11)10-17-14(18)7-12-2-1-4-16-9-12/h3,5-6,10,12,16H,1-2,4,7-9,15H2. The Bertz CT molecular complexity index is 526. The second-order valence-corrected chi connectivity index (χ2v) is 5.12. The molecule has 0 saturated carbocycles. The third-order valence-corrected chi connectivity index (χ3v) is 3.78. The minimum absolute atomic E-state index is 0.587. The quantitative estimate of drug-likeness (QED) is 0.856. The molecule has 3 N–H and O–H groups in total. The third-order valence-electron chi connectivity index (χ3n) is 3.78. The van der Waals surface area contributed by atoms with Crippen molar-refractivity contribution < 1.29 is 0 Å². The molecule has 4 nitrogen and oxygen atoms in total. The maximum atomic E-state index is 5.66. The second kappa shape index (κ2) is 5.08. The lowest BCUT2D eigenvalue weighted by atomic mass is 9.96. The lowest BCUT2D eigenvalue weighted by Crippen LogP contribution is -2.31. The van der Waals surface area contributed by atoms with Crippen LogP contribution in [0.3, 0.4) is 0 Å². The van der Waals surface area contributed by atoms with Crippen LogP contribution in [0, 0.1) is 5.92 Å². The van der Waals surface area contributed by atoms with Gasteiger partial charge in [-0.1, -0.05) is 0 Å². The van der Waals surface area contributed by atoms with Crippen molar-refractivity contribution in [2.24, 2.45) is 11.7 Å². The molecule has 2 aromatic rings. The Labute approximate surface area is 107 Å². The second-order valence-electron chi connectivity index (χ2n) is 5.12. The molecular formula is C14H20N4. The molecule has 1 fully saturated rings. The molecule has 0 spiro atoms. The number of piperidine rings is 1. The Kier molecular flexibility index (Phi) is 3.30. The number of nitrogens with two attached hydrogens (primary N) is 1. The topological polar surface area (TPSA) is 55.4 Å². The number of fused-ring (bicyclic) bond motifs is 1. The summed E-state index contributed by atoms with van der Waals surface area (Å²) in [6.07, 6.45) is 7.69. The van der Waals surface area contributed by atoms with Gasteiger partial charge in [0.25, 0.3) is 0 Å². The monoisotopic (exact) mass is 244 g/mol. The van der Waals surface area contributed by atoms with Gasteiger partial charge in [0.15, 0.2) is 0 Å². The van der Waals surface area contributed by atoms with E-state index in [1.807, 2.05) is 6.20 Å². The predicted molar refractivity (Wildman–Crippen MR) is 72.4 cm³/mol. The molecule has 96 valence electrons. The number of hydrogen-bond donors (Lipinski definition) is 2. The van der Waals surface area contributed by atoms with Crippen LogP contribution in [0.15, 0.2) is 24.5 Å². The minimum atomic E-state index is 0.587. The summed E-state index contributed by atoms with van der Waals surface area (Å²) in [4.78, 5) is 4.56. The van der Waals surface area contributed by atoms with Crippen LogP contribution in [0.25, 0.3) is 5.52 Å². The van der Waals surface area contributed by atoms with Gasteiger partial charge in [-0.05, 0) is 49.5 Å². The molecule has 0 aliphatic carbocycles. The Morgan fingerprint density at radius 1 is 1.50 bits per heavy atom. The molecule has 1 aliphatic heterocycles. The van der Waals surface area contributed by atoms with Crippen LogP contribution in [0.4, 0.5) is 0 Å². The number of hydrogen-bond acceptors (Lipinski definition) is 3. The Balaban J connectivity index is 1.83. The molecule has 3 rings (SSSR count). The van der Waals surface area contributed by atoms with Gasteiger partial charge in [-0.2, -0.15) is 0 Å². The van der Waals surface area contributed by atoms with Crippen molar-refractivity contribution in [3.8, 4) is 0 Å². The average Bonchev–Trinajstić information content (AvgIpc) is 2.82. The highest BCUT2D eigenvalue weighted by Gasteiger charge is 2.16. The Hall–Kier alpha value is -1.39. The zero-order valence-electron chi connectivity index (χ0n) is 10.6. The highest BCUT2D eigenvalue weighted by atomic mass is 15.0. The fourth-order valence-electron chi connectivity index (χ4n) is 2.74. The summed E-state index contributed by atoms with van der Waals surface area (Å²) >= 11 is 0. The Morgan fingerprint density at radius 2 is 2.44 bits per heavy atom. The first-order valence-corrected chi connectivity index (χ1v) is 6.72. The van der Waals surface area contributed by atoms with E-state index in [2.05, 4.69) is 33.0 Å². The molecule has 1 atom stereocenters. The summed E-state index contributed by atoms with van der Waals surface area (Å²) in [6, 6.07) is 4.20. The van der Waals surface area contributed by atoms with E-state index in [4.69, 9.17) is 5.73 Å². The zero-order valence-corrected chi connectivity index (χ0v) is 10.6. The van der Waals surface area contributed by atoms with Gasteiger partial charge in [0.05, 0.1) is 11.7 Å². The van der Waals surface area contributed by atoms with E-state index in [0.717, 1.165) is 30.0 Å². The fourth-order valence-corrected chi connectivity index (χ4v) is 2.74. The summed E-state index contributed by atoms with van der Waals surface area (Å²) in [5.74, 6) is 1.89. The first-order valence-electron chi connectivity index (χ1n) is 6.72. The van der Waals surface area contributed by atoms with Gasteiger partial charge in [-0.15, -0.1) is 0 Å². The number of imidazole rings is 1. The van der Waals surface area contributed by atoms with Crippen molar-refractivity contribution in [3.63, 3.8) is 0 Å². The largest absolute Gasteiger partial charge is 0.326 e. The van der Waals surface area contributed by atoms with Crippen molar-refractivity contribution >= 4 is 5.52 Å². The summed E-state index contributed by atoms with van der Waals surface area (Å²) in [7, 11) is 0. The number of pyridine rings is 1. The van der Waals surface area contributed by atoms with Gasteiger partial charge in [-0.3, -0.25) is 0 Å².